The Morgan fingerprint density at radius 1 is 0.974 bits per heavy atom. The molecule has 2 unspecified atom stereocenters. The van der Waals surface area contributed by atoms with Gasteiger partial charge in [-0.15, -0.1) is 0 Å². The third-order valence-electron chi connectivity index (χ3n) is 6.55. The van der Waals surface area contributed by atoms with Crippen molar-refractivity contribution in [1.82, 2.24) is 4.90 Å². The van der Waals surface area contributed by atoms with Crippen molar-refractivity contribution in [3.05, 3.63) is 100 Å². The molecule has 0 bridgehead atoms. The van der Waals surface area contributed by atoms with Gasteiger partial charge in [0, 0.05) is 16.1 Å². The Hall–Kier alpha value is -2.91. The highest BCUT2D eigenvalue weighted by atomic mass is 35.5. The Balaban J connectivity index is 1.86. The van der Waals surface area contributed by atoms with E-state index in [0.717, 1.165) is 0 Å². The number of hydrogen-bond donors (Lipinski definition) is 1. The van der Waals surface area contributed by atoms with Gasteiger partial charge in [-0.1, -0.05) is 72.6 Å². The number of carbonyl (C=O) groups is 2. The quantitative estimate of drug-likeness (QED) is 0.349. The molecule has 1 aliphatic heterocycles. The summed E-state index contributed by atoms with van der Waals surface area (Å²) in [6.45, 7) is 1.80. The number of amides is 1. The Bertz CT molecular complexity index is 1400. The first kappa shape index (κ1) is 28.1. The van der Waals surface area contributed by atoms with Crippen LogP contribution < -0.4 is 0 Å². The van der Waals surface area contributed by atoms with Crippen LogP contribution in [0.25, 0.3) is 0 Å². The minimum atomic E-state index is -3.78. The molecular formula is C28H27Cl2NO6S. The number of ether oxygens (including phenoxy) is 1. The smallest absolute Gasteiger partial charge is 0.306 e. The standard InChI is InChI=1S/C28H27Cl2NO6S/c1-2-22(17-38(35,36)23-9-4-3-5-10-23)31-26(18-11-13-20(29)14-12-18)27(19-7-6-8-21(30)15-19)37-24(28(31)34)16-25(32)33/h3-15,22,24,26-27H,2,16-17H2,1H3,(H,32,33)/t22?,24-,26?,27-/m1/s1. The number of carboxylic acid groups (broad SMARTS) is 1. The van der Waals surface area contributed by atoms with Crippen molar-refractivity contribution in [2.75, 3.05) is 5.75 Å². The predicted octanol–water partition coefficient (Wildman–Crippen LogP) is 5.73. The van der Waals surface area contributed by atoms with E-state index in [1.54, 1.807) is 73.7 Å². The molecule has 1 saturated heterocycles. The fraction of sp³-hybridized carbons (Fsp3) is 0.286. The molecule has 4 atom stereocenters. The molecule has 1 N–H and O–H groups in total. The van der Waals surface area contributed by atoms with E-state index < -0.39 is 52.4 Å². The van der Waals surface area contributed by atoms with Gasteiger partial charge < -0.3 is 14.7 Å². The van der Waals surface area contributed by atoms with Crippen LogP contribution in [0.3, 0.4) is 0 Å². The second-order valence-corrected chi connectivity index (χ2v) is 12.0. The number of morpholine rings is 1. The molecule has 10 heteroatoms. The Labute approximate surface area is 231 Å². The van der Waals surface area contributed by atoms with Gasteiger partial charge in [0.1, 0.15) is 12.2 Å². The molecule has 200 valence electrons. The SMILES string of the molecule is CCC(CS(=O)(=O)c1ccccc1)N1C(=O)[C@@H](CC(=O)O)O[C@H](c2cccc(Cl)c2)C1c1ccc(Cl)cc1. The summed E-state index contributed by atoms with van der Waals surface area (Å²) in [5.74, 6) is -2.13. The molecule has 4 rings (SSSR count). The first-order valence-corrected chi connectivity index (χ1v) is 14.5. The van der Waals surface area contributed by atoms with E-state index in [1.807, 2.05) is 0 Å². The number of hydrogen-bond acceptors (Lipinski definition) is 5. The molecule has 3 aromatic rings. The summed E-state index contributed by atoms with van der Waals surface area (Å²) in [5.41, 5.74) is 1.29. The van der Waals surface area contributed by atoms with Crippen molar-refractivity contribution < 1.29 is 27.9 Å². The average Bonchev–Trinajstić information content (AvgIpc) is 2.89. The highest BCUT2D eigenvalue weighted by Gasteiger charge is 2.47. The fourth-order valence-corrected chi connectivity index (χ4v) is 6.76. The summed E-state index contributed by atoms with van der Waals surface area (Å²) in [6.07, 6.45) is -2.38. The first-order valence-electron chi connectivity index (χ1n) is 12.1. The van der Waals surface area contributed by atoms with Crippen LogP contribution in [0.5, 0.6) is 0 Å². The molecule has 0 aliphatic carbocycles. The van der Waals surface area contributed by atoms with Gasteiger partial charge in [-0.25, -0.2) is 8.42 Å². The molecular weight excluding hydrogens is 549 g/mol. The van der Waals surface area contributed by atoms with Gasteiger partial charge in [0.2, 0.25) is 0 Å². The van der Waals surface area contributed by atoms with Crippen molar-refractivity contribution >= 4 is 44.9 Å². The number of benzene rings is 3. The maximum atomic E-state index is 13.9. The average molecular weight is 576 g/mol. The molecule has 1 amide bonds. The lowest BCUT2D eigenvalue weighted by Crippen LogP contribution is -2.56. The summed E-state index contributed by atoms with van der Waals surface area (Å²) in [4.78, 5) is 27.2. The summed E-state index contributed by atoms with van der Waals surface area (Å²) in [5, 5.41) is 10.5. The predicted molar refractivity (Wildman–Crippen MR) is 145 cm³/mol. The number of aliphatic carboxylic acids is 1. The van der Waals surface area contributed by atoms with E-state index in [-0.39, 0.29) is 10.6 Å². The van der Waals surface area contributed by atoms with E-state index in [9.17, 15) is 23.1 Å². The lowest BCUT2D eigenvalue weighted by Gasteiger charge is -2.48. The van der Waals surface area contributed by atoms with E-state index >= 15 is 0 Å². The van der Waals surface area contributed by atoms with Gasteiger partial charge in [0.15, 0.2) is 9.84 Å². The minimum Gasteiger partial charge on any atom is -0.481 e. The Morgan fingerprint density at radius 3 is 2.26 bits per heavy atom. The van der Waals surface area contributed by atoms with Gasteiger partial charge >= 0.3 is 5.97 Å². The minimum absolute atomic E-state index is 0.149. The molecule has 0 radical (unpaired) electrons. The monoisotopic (exact) mass is 575 g/mol. The third kappa shape index (κ3) is 6.21. The molecule has 1 aliphatic rings. The van der Waals surface area contributed by atoms with Gasteiger partial charge in [-0.3, -0.25) is 9.59 Å². The van der Waals surface area contributed by atoms with Crippen LogP contribution in [0.1, 0.15) is 43.0 Å². The molecule has 0 saturated carbocycles. The number of rotatable bonds is 9. The fourth-order valence-electron chi connectivity index (χ4n) is 4.77. The third-order valence-corrected chi connectivity index (χ3v) is 8.86. The number of halogens is 2. The van der Waals surface area contributed by atoms with Crippen LogP contribution in [-0.4, -0.2) is 48.2 Å². The first-order chi connectivity index (χ1) is 18.1. The molecule has 7 nitrogen and oxygen atoms in total. The normalized spacial score (nSPS) is 20.8. The topological polar surface area (TPSA) is 101 Å². The van der Waals surface area contributed by atoms with Crippen molar-refractivity contribution in [3.8, 4) is 0 Å². The van der Waals surface area contributed by atoms with Crippen LogP contribution >= 0.6 is 23.2 Å². The lowest BCUT2D eigenvalue weighted by molar-refractivity contribution is -0.182. The lowest BCUT2D eigenvalue weighted by atomic mass is 9.89. The van der Waals surface area contributed by atoms with Crippen molar-refractivity contribution in [2.24, 2.45) is 0 Å². The largest absolute Gasteiger partial charge is 0.481 e. The van der Waals surface area contributed by atoms with Gasteiger partial charge in [-0.2, -0.15) is 0 Å². The summed E-state index contributed by atoms with van der Waals surface area (Å²) in [7, 11) is -3.78. The van der Waals surface area contributed by atoms with E-state index in [0.29, 0.717) is 27.6 Å². The highest BCUT2D eigenvalue weighted by Crippen LogP contribution is 2.45. The van der Waals surface area contributed by atoms with E-state index in [1.165, 1.54) is 17.0 Å². The zero-order valence-corrected chi connectivity index (χ0v) is 22.9. The molecule has 38 heavy (non-hydrogen) atoms. The molecule has 0 spiro atoms. The van der Waals surface area contributed by atoms with Crippen LogP contribution in [0, 0.1) is 0 Å². The number of carbonyl (C=O) groups excluding carboxylic acids is 1. The van der Waals surface area contributed by atoms with Crippen LogP contribution in [0.4, 0.5) is 0 Å². The molecule has 3 aromatic carbocycles. The van der Waals surface area contributed by atoms with Crippen molar-refractivity contribution in [3.63, 3.8) is 0 Å². The Kier molecular flexibility index (Phi) is 8.78. The summed E-state index contributed by atoms with van der Waals surface area (Å²) >= 11 is 12.4. The van der Waals surface area contributed by atoms with Gasteiger partial charge in [0.25, 0.3) is 5.91 Å². The maximum Gasteiger partial charge on any atom is 0.306 e. The summed E-state index contributed by atoms with van der Waals surface area (Å²) < 4.78 is 33.0. The zero-order chi connectivity index (χ0) is 27.4. The maximum absolute atomic E-state index is 13.9. The summed E-state index contributed by atoms with van der Waals surface area (Å²) in [6, 6.07) is 20.3. The van der Waals surface area contributed by atoms with Crippen molar-refractivity contribution in [1.29, 1.82) is 0 Å². The zero-order valence-electron chi connectivity index (χ0n) is 20.5. The highest BCUT2D eigenvalue weighted by molar-refractivity contribution is 7.91. The van der Waals surface area contributed by atoms with Crippen LogP contribution in [0.2, 0.25) is 10.0 Å². The Morgan fingerprint density at radius 2 is 1.66 bits per heavy atom. The van der Waals surface area contributed by atoms with Crippen LogP contribution in [-0.2, 0) is 24.2 Å². The van der Waals surface area contributed by atoms with Crippen LogP contribution in [0.15, 0.2) is 83.8 Å². The second-order valence-electron chi connectivity index (χ2n) is 9.10. The molecule has 0 aromatic heterocycles. The second kappa shape index (κ2) is 11.9. The molecule has 1 fully saturated rings. The number of carboxylic acids is 1. The van der Waals surface area contributed by atoms with Crippen molar-refractivity contribution in [2.45, 2.75) is 49.0 Å². The number of nitrogens with zero attached hydrogens (tertiary/aromatic N) is 1. The number of sulfone groups is 1. The van der Waals surface area contributed by atoms with Gasteiger partial charge in [0.05, 0.1) is 23.1 Å². The van der Waals surface area contributed by atoms with Gasteiger partial charge in [-0.05, 0) is 53.9 Å². The van der Waals surface area contributed by atoms with E-state index in [4.69, 9.17) is 27.9 Å². The van der Waals surface area contributed by atoms with E-state index in [2.05, 4.69) is 0 Å². The molecule has 1 heterocycles.